The largest absolute Gasteiger partial charge is 0.497 e. The van der Waals surface area contributed by atoms with Crippen molar-refractivity contribution in [1.29, 1.82) is 0 Å². The standard InChI is InChI=1S/C22H23N3O3/c1-28-17-11-7-10-16(14-17)25-22(27)19-13-6-5-12-18(19)20(24-25)21(26)23-15-8-3-2-4-9-15/h5-7,10-15H,2-4,8-9H2,1H3,(H,23,26). The molecule has 1 saturated carbocycles. The van der Waals surface area contributed by atoms with Gasteiger partial charge in [0, 0.05) is 17.5 Å². The van der Waals surface area contributed by atoms with Gasteiger partial charge >= 0.3 is 0 Å². The van der Waals surface area contributed by atoms with E-state index in [0.29, 0.717) is 22.2 Å². The first kappa shape index (κ1) is 18.2. The van der Waals surface area contributed by atoms with Crippen molar-refractivity contribution >= 4 is 16.7 Å². The minimum Gasteiger partial charge on any atom is -0.497 e. The summed E-state index contributed by atoms with van der Waals surface area (Å²) in [5, 5.41) is 8.59. The van der Waals surface area contributed by atoms with E-state index in [1.165, 1.54) is 11.1 Å². The van der Waals surface area contributed by atoms with Crippen molar-refractivity contribution in [3.8, 4) is 11.4 Å². The van der Waals surface area contributed by atoms with Gasteiger partial charge in [-0.3, -0.25) is 9.59 Å². The van der Waals surface area contributed by atoms with Crippen molar-refractivity contribution in [1.82, 2.24) is 15.1 Å². The molecule has 4 rings (SSSR count). The van der Waals surface area contributed by atoms with Crippen molar-refractivity contribution in [2.45, 2.75) is 38.1 Å². The predicted octanol–water partition coefficient (Wildman–Crippen LogP) is 3.46. The average Bonchev–Trinajstić information content (AvgIpc) is 2.75. The van der Waals surface area contributed by atoms with Crippen LogP contribution in [0.1, 0.15) is 42.6 Å². The molecule has 6 nitrogen and oxygen atoms in total. The third kappa shape index (κ3) is 3.50. The van der Waals surface area contributed by atoms with Gasteiger partial charge < -0.3 is 10.1 Å². The Kier molecular flexibility index (Phi) is 5.10. The Morgan fingerprint density at radius 1 is 1.07 bits per heavy atom. The van der Waals surface area contributed by atoms with E-state index in [1.54, 1.807) is 49.6 Å². The van der Waals surface area contributed by atoms with Gasteiger partial charge in [0.1, 0.15) is 5.75 Å². The zero-order valence-corrected chi connectivity index (χ0v) is 15.9. The Morgan fingerprint density at radius 2 is 1.82 bits per heavy atom. The third-order valence-corrected chi connectivity index (χ3v) is 5.26. The number of benzene rings is 2. The third-order valence-electron chi connectivity index (χ3n) is 5.26. The van der Waals surface area contributed by atoms with E-state index in [2.05, 4.69) is 10.4 Å². The topological polar surface area (TPSA) is 73.2 Å². The lowest BCUT2D eigenvalue weighted by molar-refractivity contribution is 0.0923. The van der Waals surface area contributed by atoms with Gasteiger partial charge in [-0.05, 0) is 31.0 Å². The fraction of sp³-hybridized carbons (Fsp3) is 0.318. The monoisotopic (exact) mass is 377 g/mol. The summed E-state index contributed by atoms with van der Waals surface area (Å²) in [6.07, 6.45) is 5.44. The Balaban J connectivity index is 1.82. The van der Waals surface area contributed by atoms with Crippen LogP contribution in [-0.4, -0.2) is 28.8 Å². The van der Waals surface area contributed by atoms with Gasteiger partial charge in [-0.1, -0.05) is 43.5 Å². The van der Waals surface area contributed by atoms with E-state index in [-0.39, 0.29) is 23.2 Å². The van der Waals surface area contributed by atoms with E-state index in [4.69, 9.17) is 4.74 Å². The predicted molar refractivity (Wildman–Crippen MR) is 108 cm³/mol. The number of rotatable bonds is 4. The summed E-state index contributed by atoms with van der Waals surface area (Å²) in [7, 11) is 1.57. The second-order valence-corrected chi connectivity index (χ2v) is 7.12. The molecule has 0 radical (unpaired) electrons. The summed E-state index contributed by atoms with van der Waals surface area (Å²) in [5.74, 6) is 0.382. The number of nitrogens with one attached hydrogen (secondary N) is 1. The van der Waals surface area contributed by atoms with Crippen LogP contribution in [0.25, 0.3) is 16.5 Å². The number of aromatic nitrogens is 2. The maximum atomic E-state index is 13.0. The number of nitrogens with zero attached hydrogens (tertiary/aromatic N) is 2. The molecule has 0 spiro atoms. The molecule has 0 saturated heterocycles. The molecule has 6 heteroatoms. The van der Waals surface area contributed by atoms with Crippen molar-refractivity contribution in [2.75, 3.05) is 7.11 Å². The molecule has 3 aromatic rings. The first-order chi connectivity index (χ1) is 13.7. The van der Waals surface area contributed by atoms with Crippen LogP contribution in [0.15, 0.2) is 53.3 Å². The summed E-state index contributed by atoms with van der Waals surface area (Å²) in [4.78, 5) is 26.1. The van der Waals surface area contributed by atoms with Crippen LogP contribution < -0.4 is 15.6 Å². The molecular formula is C22H23N3O3. The second kappa shape index (κ2) is 7.84. The summed E-state index contributed by atoms with van der Waals surface area (Å²) in [6, 6.07) is 14.4. The summed E-state index contributed by atoms with van der Waals surface area (Å²) in [5.41, 5.74) is 0.559. The number of fused-ring (bicyclic) bond motifs is 1. The van der Waals surface area contributed by atoms with Gasteiger partial charge in [0.25, 0.3) is 11.5 Å². The fourth-order valence-corrected chi connectivity index (χ4v) is 3.78. The van der Waals surface area contributed by atoms with Crippen molar-refractivity contribution < 1.29 is 9.53 Å². The molecule has 1 heterocycles. The van der Waals surface area contributed by atoms with Crippen LogP contribution in [0, 0.1) is 0 Å². The van der Waals surface area contributed by atoms with Crippen LogP contribution in [0.3, 0.4) is 0 Å². The minimum atomic E-state index is -0.266. The number of carbonyl (C=O) groups is 1. The second-order valence-electron chi connectivity index (χ2n) is 7.12. The molecular weight excluding hydrogens is 354 g/mol. The highest BCUT2D eigenvalue weighted by molar-refractivity contribution is 6.05. The Labute approximate surface area is 163 Å². The lowest BCUT2D eigenvalue weighted by atomic mass is 9.95. The molecule has 1 fully saturated rings. The molecule has 2 aromatic carbocycles. The van der Waals surface area contributed by atoms with Gasteiger partial charge in [0.2, 0.25) is 0 Å². The Morgan fingerprint density at radius 3 is 2.57 bits per heavy atom. The number of hydrogen-bond acceptors (Lipinski definition) is 4. The van der Waals surface area contributed by atoms with Crippen LogP contribution >= 0.6 is 0 Å². The Hall–Kier alpha value is -3.15. The molecule has 1 N–H and O–H groups in total. The molecule has 1 aliphatic rings. The van der Waals surface area contributed by atoms with Crippen LogP contribution in [0.4, 0.5) is 0 Å². The van der Waals surface area contributed by atoms with Gasteiger partial charge in [-0.25, -0.2) is 0 Å². The van der Waals surface area contributed by atoms with Crippen molar-refractivity contribution in [3.63, 3.8) is 0 Å². The smallest absolute Gasteiger partial charge is 0.279 e. The average molecular weight is 377 g/mol. The van der Waals surface area contributed by atoms with Gasteiger partial charge in [0.15, 0.2) is 5.69 Å². The lowest BCUT2D eigenvalue weighted by Crippen LogP contribution is -2.38. The molecule has 1 aliphatic carbocycles. The van der Waals surface area contributed by atoms with E-state index in [1.807, 2.05) is 6.07 Å². The Bertz CT molecular complexity index is 1070. The summed E-state index contributed by atoms with van der Waals surface area (Å²) >= 11 is 0. The molecule has 1 amide bonds. The highest BCUT2D eigenvalue weighted by atomic mass is 16.5. The quantitative estimate of drug-likeness (QED) is 0.756. The van der Waals surface area contributed by atoms with Gasteiger partial charge in [0.05, 0.1) is 18.2 Å². The molecule has 0 aliphatic heterocycles. The maximum absolute atomic E-state index is 13.0. The summed E-state index contributed by atoms with van der Waals surface area (Å²) < 4.78 is 6.54. The van der Waals surface area contributed by atoms with E-state index < -0.39 is 0 Å². The lowest BCUT2D eigenvalue weighted by Gasteiger charge is -2.23. The number of carbonyl (C=O) groups excluding carboxylic acids is 1. The SMILES string of the molecule is COc1cccc(-n2nc(C(=O)NC3CCCCC3)c3ccccc3c2=O)c1. The van der Waals surface area contributed by atoms with Crippen molar-refractivity contribution in [3.05, 3.63) is 64.6 Å². The van der Waals surface area contributed by atoms with E-state index in [9.17, 15) is 9.59 Å². The van der Waals surface area contributed by atoms with E-state index >= 15 is 0 Å². The zero-order chi connectivity index (χ0) is 19.5. The molecule has 1 aromatic heterocycles. The van der Waals surface area contributed by atoms with E-state index in [0.717, 1.165) is 25.7 Å². The van der Waals surface area contributed by atoms with Gasteiger partial charge in [-0.2, -0.15) is 9.78 Å². The number of amides is 1. The van der Waals surface area contributed by atoms with Crippen LogP contribution in [0.2, 0.25) is 0 Å². The van der Waals surface area contributed by atoms with Crippen molar-refractivity contribution in [2.24, 2.45) is 0 Å². The molecule has 0 atom stereocenters. The first-order valence-corrected chi connectivity index (χ1v) is 9.65. The van der Waals surface area contributed by atoms with Crippen LogP contribution in [-0.2, 0) is 0 Å². The minimum absolute atomic E-state index is 0.166. The van der Waals surface area contributed by atoms with Crippen LogP contribution in [0.5, 0.6) is 5.75 Å². The fourth-order valence-electron chi connectivity index (χ4n) is 3.78. The molecule has 28 heavy (non-hydrogen) atoms. The molecule has 0 unspecified atom stereocenters. The first-order valence-electron chi connectivity index (χ1n) is 9.65. The number of hydrogen-bond donors (Lipinski definition) is 1. The summed E-state index contributed by atoms with van der Waals surface area (Å²) in [6.45, 7) is 0. The highest BCUT2D eigenvalue weighted by Crippen LogP contribution is 2.20. The number of methoxy groups -OCH3 is 1. The molecule has 0 bridgehead atoms. The number of ether oxygens (including phenoxy) is 1. The zero-order valence-electron chi connectivity index (χ0n) is 15.9. The molecule has 144 valence electrons. The highest BCUT2D eigenvalue weighted by Gasteiger charge is 2.21. The van der Waals surface area contributed by atoms with Gasteiger partial charge in [-0.15, -0.1) is 0 Å². The maximum Gasteiger partial charge on any atom is 0.279 e. The normalized spacial score (nSPS) is 14.8.